The van der Waals surface area contributed by atoms with Gasteiger partial charge in [-0.2, -0.15) is 0 Å². The number of hydrogen-bond acceptors (Lipinski definition) is 8. The van der Waals surface area contributed by atoms with Gasteiger partial charge in [0.1, 0.15) is 30.5 Å². The zero-order valence-corrected chi connectivity index (χ0v) is 31.4. The second-order valence-corrected chi connectivity index (χ2v) is 14.7. The molecule has 7 nitrogen and oxygen atoms in total. The number of benzene rings is 2. The highest BCUT2D eigenvalue weighted by Gasteiger charge is 2.49. The Morgan fingerprint density at radius 2 is 1.39 bits per heavy atom. The van der Waals surface area contributed by atoms with E-state index < -0.39 is 0 Å². The average Bonchev–Trinajstić information content (AvgIpc) is 3.54. The molecule has 0 amide bonds. The first-order valence-corrected chi connectivity index (χ1v) is 20.0. The number of fused-ring (bicyclic) bond motifs is 1. The van der Waals surface area contributed by atoms with Crippen molar-refractivity contribution in [1.82, 2.24) is 0 Å². The first-order chi connectivity index (χ1) is 24.2. The molecule has 2 aromatic carbocycles. The lowest BCUT2D eigenvalue weighted by atomic mass is 9.88. The number of rotatable bonds is 21. The van der Waals surface area contributed by atoms with Crippen LogP contribution in [0.4, 0.5) is 5.69 Å². The fourth-order valence-electron chi connectivity index (χ4n) is 6.77. The van der Waals surface area contributed by atoms with Gasteiger partial charge >= 0.3 is 0 Å². The Bertz CT molecular complexity index is 1330. The molecular weight excluding hydrogens is 635 g/mol. The van der Waals surface area contributed by atoms with Crippen molar-refractivity contribution in [3.05, 3.63) is 64.5 Å². The summed E-state index contributed by atoms with van der Waals surface area (Å²) in [5.41, 5.74) is 3.63. The van der Waals surface area contributed by atoms with Gasteiger partial charge in [0.15, 0.2) is 0 Å². The van der Waals surface area contributed by atoms with Gasteiger partial charge in [0.05, 0.1) is 19.8 Å². The van der Waals surface area contributed by atoms with Crippen LogP contribution in [0.2, 0.25) is 0 Å². The minimum absolute atomic E-state index is 0.275. The van der Waals surface area contributed by atoms with Crippen molar-refractivity contribution in [3.63, 3.8) is 0 Å². The summed E-state index contributed by atoms with van der Waals surface area (Å²) in [6.45, 7) is 15.1. The summed E-state index contributed by atoms with van der Waals surface area (Å²) < 4.78 is 41.1. The lowest BCUT2D eigenvalue weighted by molar-refractivity contribution is -0.268. The number of thiophene rings is 1. The minimum Gasteiger partial charge on any atom is -0.379 e. The van der Waals surface area contributed by atoms with Crippen molar-refractivity contribution in [3.8, 4) is 0 Å². The summed E-state index contributed by atoms with van der Waals surface area (Å²) in [6.07, 6.45) is 7.67. The Kier molecular flexibility index (Phi) is 16.2. The Morgan fingerprint density at radius 1 is 0.735 bits per heavy atom. The molecule has 0 N–H and O–H groups in total. The number of ether oxygens (including phenoxy) is 6. The maximum atomic E-state index is 7.25. The van der Waals surface area contributed by atoms with E-state index >= 15 is 0 Å². The Balaban J connectivity index is 1.55. The molecule has 2 aliphatic rings. The summed E-state index contributed by atoms with van der Waals surface area (Å²) in [7, 11) is 0. The van der Waals surface area contributed by atoms with E-state index in [2.05, 4.69) is 81.1 Å². The first-order valence-electron chi connectivity index (χ1n) is 19.2. The van der Waals surface area contributed by atoms with Crippen molar-refractivity contribution in [1.29, 1.82) is 0 Å². The lowest BCUT2D eigenvalue weighted by Gasteiger charge is -2.47. The van der Waals surface area contributed by atoms with Crippen LogP contribution < -0.4 is 4.90 Å². The van der Waals surface area contributed by atoms with Crippen molar-refractivity contribution < 1.29 is 28.4 Å². The predicted molar refractivity (Wildman–Crippen MR) is 201 cm³/mol. The van der Waals surface area contributed by atoms with E-state index in [0.717, 1.165) is 89.7 Å². The molecule has 2 aliphatic heterocycles. The van der Waals surface area contributed by atoms with E-state index in [-0.39, 0.29) is 30.5 Å². The largest absolute Gasteiger partial charge is 0.379 e. The molecule has 0 bridgehead atoms. The molecule has 49 heavy (non-hydrogen) atoms. The van der Waals surface area contributed by atoms with Gasteiger partial charge in [0, 0.05) is 66.8 Å². The summed E-state index contributed by atoms with van der Waals surface area (Å²) in [5.74, 6) is 0. The number of nitrogens with zero attached hydrogens (tertiary/aromatic N) is 1. The van der Waals surface area contributed by atoms with Crippen LogP contribution in [0.1, 0.15) is 101 Å². The monoisotopic (exact) mass is 695 g/mol. The maximum Gasteiger partial charge on any atom is 0.117 e. The van der Waals surface area contributed by atoms with Crippen LogP contribution in [0.5, 0.6) is 0 Å². The van der Waals surface area contributed by atoms with E-state index in [9.17, 15) is 0 Å². The van der Waals surface area contributed by atoms with Gasteiger partial charge in [-0.05, 0) is 54.8 Å². The standard InChI is InChI=1S/C41H61NO6S/c1-5-9-21-44-30-36-39(45-22-10-6-2)41(47-24-12-8-4)40(46-23-11-7-3)38(48-36)34-28-31(17-18-35(34)42-19-25-43-26-20-42)27-33-29-32-15-13-14-16-37(32)49-33/h13-18,28-29,36,38-41H,5-12,19-27,30H2,1-4H3/t36-,38+,39-,40+,41+/m1/s1. The zero-order chi connectivity index (χ0) is 34.3. The van der Waals surface area contributed by atoms with Crippen LogP contribution in [-0.4, -0.2) is 83.8 Å². The van der Waals surface area contributed by atoms with Gasteiger partial charge in [0.25, 0.3) is 0 Å². The van der Waals surface area contributed by atoms with Crippen LogP contribution in [-0.2, 0) is 34.8 Å². The molecule has 272 valence electrons. The highest BCUT2D eigenvalue weighted by Crippen LogP contribution is 2.42. The molecule has 0 spiro atoms. The first kappa shape index (κ1) is 38.2. The van der Waals surface area contributed by atoms with Gasteiger partial charge in [-0.1, -0.05) is 83.7 Å². The van der Waals surface area contributed by atoms with Crippen molar-refractivity contribution in [2.45, 2.75) is 116 Å². The molecule has 5 rings (SSSR count). The summed E-state index contributed by atoms with van der Waals surface area (Å²) in [4.78, 5) is 3.82. The zero-order valence-electron chi connectivity index (χ0n) is 30.5. The maximum absolute atomic E-state index is 7.25. The normalized spacial score (nSPS) is 23.0. The molecule has 0 aliphatic carbocycles. The van der Waals surface area contributed by atoms with E-state index in [1.54, 1.807) is 0 Å². The topological polar surface area (TPSA) is 58.6 Å². The molecule has 3 aromatic rings. The number of anilines is 1. The Hall–Kier alpha value is -2.04. The molecule has 8 heteroatoms. The van der Waals surface area contributed by atoms with Gasteiger partial charge in [-0.25, -0.2) is 0 Å². The SMILES string of the molecule is CCCCOC[C@H]1O[C@@H](c2cc(Cc3cc4ccccc4s3)ccc2N2CCOCC2)[C@H](OCCCC)[C@@H](OCCCC)[C@@H]1OCCCC. The predicted octanol–water partition coefficient (Wildman–Crippen LogP) is 9.14. The number of unbranched alkanes of at least 4 members (excludes halogenated alkanes) is 4. The smallest absolute Gasteiger partial charge is 0.117 e. The summed E-state index contributed by atoms with van der Waals surface area (Å²) >= 11 is 1.88. The summed E-state index contributed by atoms with van der Waals surface area (Å²) in [5, 5.41) is 1.31. The van der Waals surface area contributed by atoms with Gasteiger partial charge in [-0.3, -0.25) is 0 Å². The Morgan fingerprint density at radius 3 is 2.08 bits per heavy atom. The average molecular weight is 696 g/mol. The molecule has 2 saturated heterocycles. The highest BCUT2D eigenvalue weighted by atomic mass is 32.1. The molecule has 1 aromatic heterocycles. The van der Waals surface area contributed by atoms with Crippen LogP contribution in [0.25, 0.3) is 10.1 Å². The molecule has 5 atom stereocenters. The second-order valence-electron chi connectivity index (χ2n) is 13.5. The molecule has 3 heterocycles. The molecule has 0 radical (unpaired) electrons. The van der Waals surface area contributed by atoms with Crippen molar-refractivity contribution in [2.75, 3.05) is 64.2 Å². The third-order valence-electron chi connectivity index (χ3n) is 9.59. The second kappa shape index (κ2) is 20.7. The molecule has 0 saturated carbocycles. The highest BCUT2D eigenvalue weighted by molar-refractivity contribution is 7.19. The van der Waals surface area contributed by atoms with Crippen molar-refractivity contribution >= 4 is 27.1 Å². The van der Waals surface area contributed by atoms with Crippen molar-refractivity contribution in [2.24, 2.45) is 0 Å². The minimum atomic E-state index is -0.338. The fourth-order valence-corrected chi connectivity index (χ4v) is 7.87. The van der Waals surface area contributed by atoms with Gasteiger partial charge < -0.3 is 33.3 Å². The van der Waals surface area contributed by atoms with E-state index in [4.69, 9.17) is 28.4 Å². The lowest BCUT2D eigenvalue weighted by Crippen LogP contribution is -2.59. The number of hydrogen-bond donors (Lipinski definition) is 0. The quantitative estimate of drug-likeness (QED) is 0.103. The van der Waals surface area contributed by atoms with Crippen LogP contribution >= 0.6 is 11.3 Å². The summed E-state index contributed by atoms with van der Waals surface area (Å²) in [6, 6.07) is 18.0. The van der Waals surface area contributed by atoms with Crippen LogP contribution in [0.15, 0.2) is 48.5 Å². The van der Waals surface area contributed by atoms with E-state index in [1.807, 2.05) is 11.3 Å². The molecule has 2 fully saturated rings. The van der Waals surface area contributed by atoms with Gasteiger partial charge in [-0.15, -0.1) is 11.3 Å². The van der Waals surface area contributed by atoms with Crippen LogP contribution in [0.3, 0.4) is 0 Å². The third kappa shape index (κ3) is 10.7. The molecular formula is C41H61NO6S. The third-order valence-corrected chi connectivity index (χ3v) is 10.7. The van der Waals surface area contributed by atoms with E-state index in [0.29, 0.717) is 33.0 Å². The van der Waals surface area contributed by atoms with E-state index in [1.165, 1.54) is 26.2 Å². The van der Waals surface area contributed by atoms with Gasteiger partial charge in [0.2, 0.25) is 0 Å². The van der Waals surface area contributed by atoms with Crippen LogP contribution in [0, 0.1) is 0 Å². The number of morpholine rings is 1. The fraction of sp³-hybridized carbons (Fsp3) is 0.659. The Labute approximate surface area is 299 Å². The molecule has 0 unspecified atom stereocenters.